The first-order valence-corrected chi connectivity index (χ1v) is 5.55. The van der Waals surface area contributed by atoms with Crippen molar-refractivity contribution in [3.8, 4) is 0 Å². The molecule has 3 nitrogen and oxygen atoms in total. The molecule has 1 aromatic rings. The van der Waals surface area contributed by atoms with Gasteiger partial charge in [0.25, 0.3) is 0 Å². The number of nitrogens with zero attached hydrogens (tertiary/aromatic N) is 1. The molecule has 0 bridgehead atoms. The Morgan fingerprint density at radius 1 is 1.35 bits per heavy atom. The predicted molar refractivity (Wildman–Crippen MR) is 53.3 cm³/mol. The predicted octanol–water partition coefficient (Wildman–Crippen LogP) is 3.19. The number of hydrogen-bond acceptors (Lipinski definition) is 3. The van der Waals surface area contributed by atoms with E-state index in [4.69, 9.17) is 4.42 Å². The molecule has 17 heavy (non-hydrogen) atoms. The highest BCUT2D eigenvalue weighted by Crippen LogP contribution is 2.44. The van der Waals surface area contributed by atoms with E-state index in [1.807, 2.05) is 0 Å². The third-order valence-corrected chi connectivity index (χ3v) is 3.03. The molecule has 0 aromatic carbocycles. The molecule has 1 saturated carbocycles. The summed E-state index contributed by atoms with van der Waals surface area (Å²) in [6.45, 7) is 3.20. The van der Waals surface area contributed by atoms with Gasteiger partial charge in [0.2, 0.25) is 5.89 Å². The Bertz CT molecular complexity index is 419. The molecule has 0 atom stereocenters. The van der Waals surface area contributed by atoms with Crippen LogP contribution < -0.4 is 0 Å². The van der Waals surface area contributed by atoms with E-state index < -0.39 is 23.4 Å². The summed E-state index contributed by atoms with van der Waals surface area (Å²) in [5, 5.41) is 9.94. The molecule has 0 aliphatic heterocycles. The number of halogens is 3. The van der Waals surface area contributed by atoms with Gasteiger partial charge in [-0.25, -0.2) is 4.98 Å². The summed E-state index contributed by atoms with van der Waals surface area (Å²) >= 11 is 0. The van der Waals surface area contributed by atoms with Gasteiger partial charge < -0.3 is 9.52 Å². The van der Waals surface area contributed by atoms with Crippen molar-refractivity contribution in [1.82, 2.24) is 4.98 Å². The molecular weight excluding hydrogens is 235 g/mol. The summed E-state index contributed by atoms with van der Waals surface area (Å²) in [5.41, 5.74) is -2.31. The number of hydrogen-bond donors (Lipinski definition) is 1. The Balaban J connectivity index is 2.45. The zero-order valence-corrected chi connectivity index (χ0v) is 9.64. The first-order valence-electron chi connectivity index (χ1n) is 5.55. The van der Waals surface area contributed by atoms with Gasteiger partial charge in [-0.3, -0.25) is 0 Å². The Kier molecular flexibility index (Phi) is 2.72. The van der Waals surface area contributed by atoms with Crippen LogP contribution in [0.1, 0.15) is 56.4 Å². The van der Waals surface area contributed by atoms with Gasteiger partial charge in [-0.05, 0) is 19.3 Å². The van der Waals surface area contributed by atoms with E-state index in [0.29, 0.717) is 12.8 Å². The van der Waals surface area contributed by atoms with E-state index in [1.165, 1.54) is 0 Å². The summed E-state index contributed by atoms with van der Waals surface area (Å²) in [5.74, 6) is -0.816. The molecule has 0 spiro atoms. The van der Waals surface area contributed by atoms with Crippen LogP contribution in [0, 0.1) is 0 Å². The Morgan fingerprint density at radius 3 is 2.24 bits per heavy atom. The minimum atomic E-state index is -4.54. The zero-order chi connectivity index (χ0) is 12.8. The molecule has 2 rings (SSSR count). The number of oxazole rings is 1. The highest BCUT2D eigenvalue weighted by molar-refractivity contribution is 5.20. The highest BCUT2D eigenvalue weighted by Gasteiger charge is 2.46. The number of aromatic nitrogens is 1. The van der Waals surface area contributed by atoms with Crippen LogP contribution in [0.5, 0.6) is 0 Å². The molecule has 1 aliphatic carbocycles. The van der Waals surface area contributed by atoms with Crippen molar-refractivity contribution in [3.63, 3.8) is 0 Å². The third-order valence-electron chi connectivity index (χ3n) is 3.03. The SMILES string of the molecule is CC(C)c1oc(C2(O)CCC2)nc1C(F)(F)F. The normalized spacial score (nSPS) is 19.5. The first-order chi connectivity index (χ1) is 7.74. The van der Waals surface area contributed by atoms with Crippen LogP contribution in [-0.2, 0) is 11.8 Å². The minimum absolute atomic E-state index is 0.195. The fraction of sp³-hybridized carbons (Fsp3) is 0.727. The summed E-state index contributed by atoms with van der Waals surface area (Å²) in [7, 11) is 0. The van der Waals surface area contributed by atoms with E-state index in [0.717, 1.165) is 6.42 Å². The summed E-state index contributed by atoms with van der Waals surface area (Å²) in [6.07, 6.45) is -2.95. The van der Waals surface area contributed by atoms with Crippen molar-refractivity contribution in [3.05, 3.63) is 17.3 Å². The van der Waals surface area contributed by atoms with Crippen molar-refractivity contribution in [2.45, 2.75) is 50.8 Å². The van der Waals surface area contributed by atoms with Crippen molar-refractivity contribution < 1.29 is 22.7 Å². The van der Waals surface area contributed by atoms with Gasteiger partial charge in [0.15, 0.2) is 5.69 Å². The van der Waals surface area contributed by atoms with Crippen molar-refractivity contribution in [1.29, 1.82) is 0 Å². The molecule has 6 heteroatoms. The topological polar surface area (TPSA) is 46.3 Å². The highest BCUT2D eigenvalue weighted by atomic mass is 19.4. The summed E-state index contributed by atoms with van der Waals surface area (Å²) in [4.78, 5) is 3.45. The van der Waals surface area contributed by atoms with Crippen LogP contribution in [-0.4, -0.2) is 10.1 Å². The van der Waals surface area contributed by atoms with E-state index >= 15 is 0 Å². The van der Waals surface area contributed by atoms with Gasteiger partial charge in [-0.15, -0.1) is 0 Å². The fourth-order valence-electron chi connectivity index (χ4n) is 1.85. The van der Waals surface area contributed by atoms with Crippen LogP contribution in [0.15, 0.2) is 4.42 Å². The number of rotatable bonds is 2. The van der Waals surface area contributed by atoms with E-state index in [2.05, 4.69) is 4.98 Å². The average molecular weight is 249 g/mol. The van der Waals surface area contributed by atoms with Crippen LogP contribution in [0.25, 0.3) is 0 Å². The first kappa shape index (κ1) is 12.4. The monoisotopic (exact) mass is 249 g/mol. The maximum absolute atomic E-state index is 12.7. The van der Waals surface area contributed by atoms with Crippen LogP contribution in [0.3, 0.4) is 0 Å². The fourth-order valence-corrected chi connectivity index (χ4v) is 1.85. The Morgan fingerprint density at radius 2 is 1.94 bits per heavy atom. The lowest BCUT2D eigenvalue weighted by atomic mass is 9.80. The molecular formula is C11H14F3NO2. The molecule has 96 valence electrons. The lowest BCUT2D eigenvalue weighted by molar-refractivity contribution is -0.142. The molecule has 0 saturated heterocycles. The summed E-state index contributed by atoms with van der Waals surface area (Å²) < 4.78 is 43.3. The van der Waals surface area contributed by atoms with Crippen LogP contribution in [0.2, 0.25) is 0 Å². The molecule has 0 unspecified atom stereocenters. The second-order valence-corrected chi connectivity index (χ2v) is 4.77. The second-order valence-electron chi connectivity index (χ2n) is 4.77. The molecule has 1 heterocycles. The van der Waals surface area contributed by atoms with E-state index in [9.17, 15) is 18.3 Å². The van der Waals surface area contributed by atoms with Gasteiger partial charge in [0, 0.05) is 5.92 Å². The Hall–Kier alpha value is -1.04. The lowest BCUT2D eigenvalue weighted by Crippen LogP contribution is -2.34. The average Bonchev–Trinajstić information content (AvgIpc) is 2.57. The lowest BCUT2D eigenvalue weighted by Gasteiger charge is -2.33. The molecule has 1 N–H and O–H groups in total. The molecule has 1 aliphatic rings. The number of alkyl halides is 3. The van der Waals surface area contributed by atoms with Crippen molar-refractivity contribution in [2.75, 3.05) is 0 Å². The van der Waals surface area contributed by atoms with Crippen LogP contribution in [0.4, 0.5) is 13.2 Å². The molecule has 0 radical (unpaired) electrons. The van der Waals surface area contributed by atoms with E-state index in [-0.39, 0.29) is 11.7 Å². The van der Waals surface area contributed by atoms with Crippen molar-refractivity contribution in [2.24, 2.45) is 0 Å². The van der Waals surface area contributed by atoms with Gasteiger partial charge in [0.1, 0.15) is 11.4 Å². The van der Waals surface area contributed by atoms with Gasteiger partial charge in [-0.1, -0.05) is 13.8 Å². The third kappa shape index (κ3) is 2.06. The standard InChI is InChI=1S/C11H14F3NO2/c1-6(2)7-8(11(12,13)14)15-9(17-7)10(16)4-3-5-10/h6,16H,3-5H2,1-2H3. The van der Waals surface area contributed by atoms with Gasteiger partial charge in [0.05, 0.1) is 0 Å². The summed E-state index contributed by atoms with van der Waals surface area (Å²) in [6, 6.07) is 0. The van der Waals surface area contributed by atoms with Crippen LogP contribution >= 0.6 is 0 Å². The smallest absolute Gasteiger partial charge is 0.436 e. The molecule has 1 aromatic heterocycles. The quantitative estimate of drug-likeness (QED) is 0.875. The Labute approximate surface area is 96.6 Å². The van der Waals surface area contributed by atoms with Gasteiger partial charge in [-0.2, -0.15) is 13.2 Å². The number of aliphatic hydroxyl groups is 1. The maximum atomic E-state index is 12.7. The largest absolute Gasteiger partial charge is 0.442 e. The molecule has 1 fully saturated rings. The van der Waals surface area contributed by atoms with Gasteiger partial charge >= 0.3 is 6.18 Å². The zero-order valence-electron chi connectivity index (χ0n) is 9.64. The second kappa shape index (κ2) is 3.73. The van der Waals surface area contributed by atoms with E-state index in [1.54, 1.807) is 13.8 Å². The minimum Gasteiger partial charge on any atom is -0.442 e. The van der Waals surface area contributed by atoms with Crippen molar-refractivity contribution >= 4 is 0 Å². The maximum Gasteiger partial charge on any atom is 0.436 e. The molecule has 0 amide bonds.